The highest BCUT2D eigenvalue weighted by Crippen LogP contribution is 2.22. The monoisotopic (exact) mass is 1230 g/mol. The van der Waals surface area contributed by atoms with Crippen LogP contribution in [0.25, 0.3) is 10.8 Å². The number of amides is 10. The van der Waals surface area contributed by atoms with Gasteiger partial charge in [-0.25, -0.2) is 0 Å². The van der Waals surface area contributed by atoms with Gasteiger partial charge in [0.2, 0.25) is 59.1 Å². The largest absolute Gasteiger partial charge is 0.508 e. The fourth-order valence-corrected chi connectivity index (χ4v) is 10.1. The molecule has 1 aliphatic heterocycles. The highest BCUT2D eigenvalue weighted by molar-refractivity contribution is 5.99. The summed E-state index contributed by atoms with van der Waals surface area (Å²) in [5.74, 6) is -8.60. The van der Waals surface area contributed by atoms with Crippen LogP contribution in [0.4, 0.5) is 0 Å². The Morgan fingerprint density at radius 2 is 1.03 bits per heavy atom. The van der Waals surface area contributed by atoms with Crippen LogP contribution < -0.4 is 77.4 Å². The number of rotatable bonds is 35. The quantitative estimate of drug-likeness (QED) is 0.0132. The van der Waals surface area contributed by atoms with Crippen LogP contribution >= 0.6 is 0 Å². The predicted molar refractivity (Wildman–Crippen MR) is 334 cm³/mol. The standard InChI is InChI=1S/C61H85N17O11/c1-35(2)29-45(75-57(87)48(33-38-18-21-39-13-6-7-14-40(39)30-38)77-55(85)46(71-51(81)24-25-62)32-37-19-22-41(79)23-20-37)54(84)76-47(31-36-11-4-3-5-12-36)56(86)73-43(16-9-27-70-61(67)68)59(89)78-28-10-17-49(78)58(88)72-42(15-8-26-69-60(65)66)53(83)74-44(52(64)82)34-50(63)80/h3-7,11-14,18-23,30,35,42-49,79H,8-10,15-17,24-29,31-34,62H2,1-2H3,(H2,63,80)(H2,64,82)(H,71,81)(H,72,88)(H,73,86)(H,74,83)(H,75,87)(H,76,84)(H,77,85)(H4,65,66,69)(H4,67,68,70)/t42-,43-,44-,45-,46-,47-,48-,49-/m0/s1. The van der Waals surface area contributed by atoms with E-state index in [2.05, 4.69) is 47.2 Å². The maximum absolute atomic E-state index is 14.9. The number of carbonyl (C=O) groups is 10. The summed E-state index contributed by atoms with van der Waals surface area (Å²) in [6.07, 6.45) is -0.229. The molecule has 0 saturated carbocycles. The van der Waals surface area contributed by atoms with E-state index in [0.29, 0.717) is 23.1 Å². The molecule has 28 heteroatoms. The number of primary amides is 2. The maximum Gasteiger partial charge on any atom is 0.245 e. The first-order valence-electron chi connectivity index (χ1n) is 29.5. The van der Waals surface area contributed by atoms with E-state index in [9.17, 15) is 53.1 Å². The Labute approximate surface area is 516 Å². The van der Waals surface area contributed by atoms with Crippen molar-refractivity contribution < 1.29 is 53.1 Å². The summed E-state index contributed by atoms with van der Waals surface area (Å²) in [6.45, 7) is 3.79. The third-order valence-electron chi connectivity index (χ3n) is 14.6. The van der Waals surface area contributed by atoms with Gasteiger partial charge >= 0.3 is 0 Å². The molecule has 0 aromatic heterocycles. The molecule has 22 N–H and O–H groups in total. The minimum absolute atomic E-state index is 0.00123. The van der Waals surface area contributed by atoms with Gasteiger partial charge in [0.1, 0.15) is 54.1 Å². The molecule has 28 nitrogen and oxygen atoms in total. The summed E-state index contributed by atoms with van der Waals surface area (Å²) in [5, 5.41) is 30.8. The second-order valence-corrected chi connectivity index (χ2v) is 22.3. The van der Waals surface area contributed by atoms with E-state index < -0.39 is 114 Å². The molecule has 8 atom stereocenters. The number of phenolic OH excluding ortho intramolecular Hbond substituents is 1. The first kappa shape index (κ1) is 69.9. The zero-order valence-electron chi connectivity index (χ0n) is 50.2. The summed E-state index contributed by atoms with van der Waals surface area (Å²) < 4.78 is 0. The number of fused-ring (bicyclic) bond motifs is 1. The van der Waals surface area contributed by atoms with Gasteiger partial charge in [-0.05, 0) is 90.5 Å². The van der Waals surface area contributed by atoms with Crippen LogP contribution in [0.5, 0.6) is 5.75 Å². The van der Waals surface area contributed by atoms with Gasteiger partial charge in [-0.2, -0.15) is 0 Å². The van der Waals surface area contributed by atoms with Crippen LogP contribution in [-0.4, -0.2) is 156 Å². The van der Waals surface area contributed by atoms with Gasteiger partial charge in [0.15, 0.2) is 11.9 Å². The van der Waals surface area contributed by atoms with E-state index >= 15 is 0 Å². The first-order valence-corrected chi connectivity index (χ1v) is 29.5. The van der Waals surface area contributed by atoms with Gasteiger partial charge < -0.3 is 87.4 Å². The van der Waals surface area contributed by atoms with Crippen LogP contribution in [0.1, 0.15) is 88.3 Å². The number of hydrogen-bond acceptors (Lipinski definition) is 14. The van der Waals surface area contributed by atoms with E-state index in [-0.39, 0.29) is 114 Å². The van der Waals surface area contributed by atoms with E-state index in [1.54, 1.807) is 42.5 Å². The number of nitrogens with two attached hydrogens (primary N) is 7. The molecule has 0 aliphatic carbocycles. The summed E-state index contributed by atoms with van der Waals surface area (Å²) in [7, 11) is 0. The number of benzene rings is 4. The van der Waals surface area contributed by atoms with Crippen molar-refractivity contribution >= 4 is 81.8 Å². The van der Waals surface area contributed by atoms with E-state index in [1.165, 1.54) is 17.0 Å². The van der Waals surface area contributed by atoms with E-state index in [1.807, 2.05) is 56.3 Å². The lowest BCUT2D eigenvalue weighted by atomic mass is 9.98. The average molecular weight is 1230 g/mol. The number of nitrogens with zero attached hydrogens (tertiary/aromatic N) is 3. The molecule has 0 bridgehead atoms. The first-order chi connectivity index (χ1) is 42.4. The molecular formula is C61H85N17O11. The molecule has 0 spiro atoms. The van der Waals surface area contributed by atoms with Crippen LogP contribution in [0, 0.1) is 5.92 Å². The molecule has 1 saturated heterocycles. The second kappa shape index (κ2) is 35.1. The maximum atomic E-state index is 14.9. The SMILES string of the molecule is CC(C)C[C@H](NC(=O)[C@H](Cc1ccc2ccccc2c1)NC(=O)[C@H](Cc1ccc(O)cc1)NC(=O)CCN)C(=O)N[C@@H](Cc1ccccc1)C(=O)N[C@@H](CCCN=C(N)N)C(=O)N1CCC[C@H]1C(=O)N[C@@H](CCCN=C(N)N)C(=O)N[C@@H](CC(N)=O)C(N)=O. The van der Waals surface area contributed by atoms with Gasteiger partial charge in [0.05, 0.1) is 6.42 Å². The summed E-state index contributed by atoms with van der Waals surface area (Å²) in [4.78, 5) is 148. The van der Waals surface area contributed by atoms with Gasteiger partial charge in [-0.1, -0.05) is 98.8 Å². The molecule has 89 heavy (non-hydrogen) atoms. The topological polar surface area (TPSA) is 485 Å². The molecule has 1 heterocycles. The minimum atomic E-state index is -1.51. The Morgan fingerprint density at radius 3 is 1.60 bits per heavy atom. The fraction of sp³-hybridized carbons (Fsp3) is 0.443. The van der Waals surface area contributed by atoms with Crippen molar-refractivity contribution in [3.63, 3.8) is 0 Å². The highest BCUT2D eigenvalue weighted by Gasteiger charge is 2.40. The molecule has 5 rings (SSSR count). The lowest BCUT2D eigenvalue weighted by molar-refractivity contribution is -0.142. The van der Waals surface area contributed by atoms with Crippen molar-refractivity contribution in [2.75, 3.05) is 26.2 Å². The van der Waals surface area contributed by atoms with Crippen molar-refractivity contribution in [2.45, 2.75) is 139 Å². The van der Waals surface area contributed by atoms with Crippen molar-refractivity contribution in [1.82, 2.24) is 42.1 Å². The third kappa shape index (κ3) is 23.4. The normalized spacial score (nSPS) is 15.1. The zero-order valence-corrected chi connectivity index (χ0v) is 50.2. The average Bonchev–Trinajstić information content (AvgIpc) is 3.85. The fourth-order valence-electron chi connectivity index (χ4n) is 10.1. The lowest BCUT2D eigenvalue weighted by Crippen LogP contribution is -2.61. The van der Waals surface area contributed by atoms with Crippen LogP contribution in [-0.2, 0) is 67.2 Å². The number of aliphatic imine (C=N–C) groups is 2. The number of carbonyl (C=O) groups excluding carboxylic acids is 10. The number of guanidine groups is 2. The van der Waals surface area contributed by atoms with Crippen molar-refractivity contribution in [2.24, 2.45) is 56.0 Å². The Morgan fingerprint density at radius 1 is 0.551 bits per heavy atom. The molecule has 480 valence electrons. The van der Waals surface area contributed by atoms with Crippen LogP contribution in [0.3, 0.4) is 0 Å². The molecule has 0 radical (unpaired) electrons. The Balaban J connectivity index is 1.44. The van der Waals surface area contributed by atoms with E-state index in [4.69, 9.17) is 40.1 Å². The van der Waals surface area contributed by atoms with Crippen molar-refractivity contribution in [3.05, 3.63) is 114 Å². The van der Waals surface area contributed by atoms with E-state index in [0.717, 1.165) is 10.8 Å². The number of hydrogen-bond donors (Lipinski definition) is 15. The number of phenols is 1. The van der Waals surface area contributed by atoms with Gasteiger partial charge in [-0.3, -0.25) is 57.9 Å². The summed E-state index contributed by atoms with van der Waals surface area (Å²) >= 11 is 0. The Hall–Kier alpha value is -9.86. The van der Waals surface area contributed by atoms with Crippen molar-refractivity contribution in [1.29, 1.82) is 0 Å². The number of likely N-dealkylation sites (tertiary alicyclic amines) is 1. The molecule has 1 aliphatic rings. The van der Waals surface area contributed by atoms with Crippen LogP contribution in [0.15, 0.2) is 107 Å². The van der Waals surface area contributed by atoms with Gasteiger partial charge in [0, 0.05) is 51.9 Å². The lowest BCUT2D eigenvalue weighted by Gasteiger charge is -2.31. The Bertz CT molecular complexity index is 3160. The molecule has 0 unspecified atom stereocenters. The third-order valence-corrected chi connectivity index (χ3v) is 14.6. The number of nitrogens with one attached hydrogen (secondary N) is 7. The molecule has 10 amide bonds. The zero-order chi connectivity index (χ0) is 65.2. The molecule has 4 aromatic carbocycles. The highest BCUT2D eigenvalue weighted by atomic mass is 16.3. The summed E-state index contributed by atoms with van der Waals surface area (Å²) in [6, 6.07) is 17.2. The molecule has 4 aromatic rings. The predicted octanol–water partition coefficient (Wildman–Crippen LogP) is -2.18. The molecule has 1 fully saturated rings. The summed E-state index contributed by atoms with van der Waals surface area (Å²) in [5.41, 5.74) is 40.4. The Kier molecular flexibility index (Phi) is 27.5. The minimum Gasteiger partial charge on any atom is -0.508 e. The smallest absolute Gasteiger partial charge is 0.245 e. The second-order valence-electron chi connectivity index (χ2n) is 22.3. The van der Waals surface area contributed by atoms with Gasteiger partial charge in [0.25, 0.3) is 0 Å². The number of aromatic hydroxyl groups is 1. The van der Waals surface area contributed by atoms with Crippen molar-refractivity contribution in [3.8, 4) is 5.75 Å². The molecular weight excluding hydrogens is 1150 g/mol. The van der Waals surface area contributed by atoms with Gasteiger partial charge in [-0.15, -0.1) is 0 Å². The van der Waals surface area contributed by atoms with Crippen LogP contribution in [0.2, 0.25) is 0 Å².